The van der Waals surface area contributed by atoms with Gasteiger partial charge in [-0.25, -0.2) is 0 Å². The number of nitrogens with zero attached hydrogens (tertiary/aromatic N) is 3. The molecule has 2 N–H and O–H groups in total. The van der Waals surface area contributed by atoms with Crippen LogP contribution in [0.1, 0.15) is 23.6 Å². The zero-order valence-corrected chi connectivity index (χ0v) is 17.1. The lowest BCUT2D eigenvalue weighted by molar-refractivity contribution is -0.140. The van der Waals surface area contributed by atoms with Crippen LogP contribution in [0.15, 0.2) is 54.4 Å². The largest absolute Gasteiger partial charge is 0.508 e. The number of amides is 1. The third-order valence-electron chi connectivity index (χ3n) is 5.66. The van der Waals surface area contributed by atoms with Crippen LogP contribution in [-0.2, 0) is 14.3 Å². The first-order valence-electron chi connectivity index (χ1n) is 10.3. The normalized spacial score (nSPS) is 21.5. The maximum Gasteiger partial charge on any atom is 0.295 e. The second-order valence-corrected chi connectivity index (χ2v) is 7.63. The van der Waals surface area contributed by atoms with Gasteiger partial charge in [-0.05, 0) is 36.2 Å². The van der Waals surface area contributed by atoms with E-state index in [1.165, 1.54) is 29.4 Å². The van der Waals surface area contributed by atoms with E-state index in [-0.39, 0.29) is 17.1 Å². The zero-order valence-electron chi connectivity index (χ0n) is 17.1. The summed E-state index contributed by atoms with van der Waals surface area (Å²) in [6, 6.07) is 8.84. The molecule has 0 bridgehead atoms. The molecule has 1 aromatic carbocycles. The van der Waals surface area contributed by atoms with Crippen LogP contribution in [-0.4, -0.2) is 76.1 Å². The minimum absolute atomic E-state index is 0.0215. The van der Waals surface area contributed by atoms with Crippen molar-refractivity contribution < 1.29 is 24.5 Å². The number of carbonyl (C=O) groups is 2. The number of rotatable bonds is 6. The van der Waals surface area contributed by atoms with Gasteiger partial charge in [0.25, 0.3) is 11.7 Å². The lowest BCUT2D eigenvalue weighted by atomic mass is 9.95. The van der Waals surface area contributed by atoms with Crippen LogP contribution in [0.3, 0.4) is 0 Å². The molecule has 1 unspecified atom stereocenters. The number of aromatic hydroxyl groups is 1. The molecule has 0 spiro atoms. The Labute approximate surface area is 180 Å². The number of likely N-dealkylation sites (tertiary alicyclic amines) is 1. The first-order valence-corrected chi connectivity index (χ1v) is 10.3. The van der Waals surface area contributed by atoms with Gasteiger partial charge in [0.15, 0.2) is 0 Å². The summed E-state index contributed by atoms with van der Waals surface area (Å²) in [7, 11) is 0. The number of carbonyl (C=O) groups excluding carboxylic acids is 2. The summed E-state index contributed by atoms with van der Waals surface area (Å²) in [6.07, 6.45) is 3.70. The summed E-state index contributed by atoms with van der Waals surface area (Å²) < 4.78 is 5.37. The molecule has 31 heavy (non-hydrogen) atoms. The number of aromatic nitrogens is 1. The molecule has 4 rings (SSSR count). The number of hydrogen-bond donors (Lipinski definition) is 2. The maximum absolute atomic E-state index is 12.9. The second-order valence-electron chi connectivity index (χ2n) is 7.63. The molecule has 2 fully saturated rings. The van der Waals surface area contributed by atoms with E-state index in [1.807, 2.05) is 0 Å². The van der Waals surface area contributed by atoms with E-state index in [9.17, 15) is 19.8 Å². The Balaban J connectivity index is 1.66. The molecule has 8 heteroatoms. The van der Waals surface area contributed by atoms with E-state index < -0.39 is 17.7 Å². The molecule has 2 saturated heterocycles. The van der Waals surface area contributed by atoms with Crippen molar-refractivity contribution in [3.8, 4) is 5.75 Å². The van der Waals surface area contributed by atoms with Gasteiger partial charge in [-0.15, -0.1) is 0 Å². The molecule has 0 radical (unpaired) electrons. The highest BCUT2D eigenvalue weighted by Crippen LogP contribution is 2.40. The standard InChI is InChI=1S/C23H25N3O5/c27-18-4-1-3-17(15-18)20-19(21(28)16-5-7-24-8-6-16)22(29)23(30)26(20)10-2-9-25-11-13-31-14-12-25/h1,3-8,15,20,27-28H,2,9-14H2. The number of phenols is 1. The molecule has 2 aliphatic rings. The Morgan fingerprint density at radius 1 is 1.10 bits per heavy atom. The first-order chi connectivity index (χ1) is 15.1. The number of phenolic OH excluding ortho intramolecular Hbond substituents is 1. The third kappa shape index (κ3) is 4.45. The molecular weight excluding hydrogens is 398 g/mol. The van der Waals surface area contributed by atoms with Crippen molar-refractivity contribution in [1.29, 1.82) is 0 Å². The van der Waals surface area contributed by atoms with Crippen LogP contribution in [0.25, 0.3) is 5.76 Å². The number of benzene rings is 1. The Morgan fingerprint density at radius 3 is 2.55 bits per heavy atom. The summed E-state index contributed by atoms with van der Waals surface area (Å²) in [5.74, 6) is -1.59. The minimum Gasteiger partial charge on any atom is -0.508 e. The number of morpholine rings is 1. The smallest absolute Gasteiger partial charge is 0.295 e. The van der Waals surface area contributed by atoms with Crippen LogP contribution >= 0.6 is 0 Å². The van der Waals surface area contributed by atoms with Crippen molar-refractivity contribution in [3.63, 3.8) is 0 Å². The third-order valence-corrected chi connectivity index (χ3v) is 5.66. The predicted molar refractivity (Wildman–Crippen MR) is 113 cm³/mol. The molecule has 1 atom stereocenters. The molecule has 1 amide bonds. The highest BCUT2D eigenvalue weighted by Gasteiger charge is 2.45. The van der Waals surface area contributed by atoms with Gasteiger partial charge >= 0.3 is 0 Å². The molecule has 2 aliphatic heterocycles. The van der Waals surface area contributed by atoms with E-state index in [2.05, 4.69) is 9.88 Å². The first kappa shape index (κ1) is 21.0. The predicted octanol–water partition coefficient (Wildman–Crippen LogP) is 1.93. The Kier molecular flexibility index (Phi) is 6.29. The van der Waals surface area contributed by atoms with Gasteiger partial charge in [0, 0.05) is 44.1 Å². The van der Waals surface area contributed by atoms with Crippen molar-refractivity contribution in [2.45, 2.75) is 12.5 Å². The van der Waals surface area contributed by atoms with Gasteiger partial charge in [0.05, 0.1) is 24.8 Å². The maximum atomic E-state index is 12.9. The van der Waals surface area contributed by atoms with Crippen LogP contribution in [0.5, 0.6) is 5.75 Å². The molecule has 0 saturated carbocycles. The van der Waals surface area contributed by atoms with Crippen LogP contribution in [0.4, 0.5) is 0 Å². The molecular formula is C23H25N3O5. The van der Waals surface area contributed by atoms with Crippen LogP contribution in [0.2, 0.25) is 0 Å². The zero-order chi connectivity index (χ0) is 21.8. The SMILES string of the molecule is O=C1C(=O)N(CCCN2CCOCC2)C(c2cccc(O)c2)C1=C(O)c1ccncc1. The second kappa shape index (κ2) is 9.28. The van der Waals surface area contributed by atoms with Crippen molar-refractivity contribution in [1.82, 2.24) is 14.8 Å². The van der Waals surface area contributed by atoms with Crippen molar-refractivity contribution in [2.75, 3.05) is 39.4 Å². The van der Waals surface area contributed by atoms with Gasteiger partial charge in [-0.1, -0.05) is 12.1 Å². The highest BCUT2D eigenvalue weighted by molar-refractivity contribution is 6.46. The summed E-state index contributed by atoms with van der Waals surface area (Å²) in [5, 5.41) is 20.9. The average Bonchev–Trinajstić information content (AvgIpc) is 3.05. The summed E-state index contributed by atoms with van der Waals surface area (Å²) in [4.78, 5) is 33.6. The fourth-order valence-corrected chi connectivity index (χ4v) is 4.11. The minimum atomic E-state index is -0.773. The Bertz CT molecular complexity index is 986. The van der Waals surface area contributed by atoms with E-state index in [0.29, 0.717) is 37.3 Å². The quantitative estimate of drug-likeness (QED) is 0.416. The molecule has 162 valence electrons. The van der Waals surface area contributed by atoms with E-state index in [1.54, 1.807) is 24.3 Å². The lowest BCUT2D eigenvalue weighted by Crippen LogP contribution is -2.38. The monoisotopic (exact) mass is 423 g/mol. The lowest BCUT2D eigenvalue weighted by Gasteiger charge is -2.29. The fourth-order valence-electron chi connectivity index (χ4n) is 4.11. The number of ketones is 1. The van der Waals surface area contributed by atoms with Gasteiger partial charge < -0.3 is 19.8 Å². The molecule has 2 aromatic rings. The van der Waals surface area contributed by atoms with E-state index >= 15 is 0 Å². The van der Waals surface area contributed by atoms with Crippen molar-refractivity contribution in [3.05, 3.63) is 65.5 Å². The van der Waals surface area contributed by atoms with Gasteiger partial charge in [0.2, 0.25) is 0 Å². The van der Waals surface area contributed by atoms with Crippen molar-refractivity contribution >= 4 is 17.4 Å². The molecule has 8 nitrogen and oxygen atoms in total. The molecule has 0 aliphatic carbocycles. The van der Waals surface area contributed by atoms with E-state index in [0.717, 1.165) is 19.6 Å². The number of hydrogen-bond acceptors (Lipinski definition) is 7. The number of Topliss-reactive ketones (excluding diaryl/α,β-unsaturated/α-hetero) is 1. The topological polar surface area (TPSA) is 103 Å². The summed E-state index contributed by atoms with van der Waals surface area (Å²) >= 11 is 0. The number of pyridine rings is 1. The number of aliphatic hydroxyl groups is 1. The number of ether oxygens (including phenoxy) is 1. The van der Waals surface area contributed by atoms with Gasteiger partial charge in [0.1, 0.15) is 11.5 Å². The number of aliphatic hydroxyl groups excluding tert-OH is 1. The van der Waals surface area contributed by atoms with Crippen LogP contribution < -0.4 is 0 Å². The van der Waals surface area contributed by atoms with Crippen molar-refractivity contribution in [2.24, 2.45) is 0 Å². The summed E-state index contributed by atoms with van der Waals surface area (Å²) in [6.45, 7) is 4.21. The average molecular weight is 423 g/mol. The highest BCUT2D eigenvalue weighted by atomic mass is 16.5. The Hall–Kier alpha value is -3.23. The fraction of sp³-hybridized carbons (Fsp3) is 0.348. The molecule has 1 aromatic heterocycles. The van der Waals surface area contributed by atoms with E-state index in [4.69, 9.17) is 4.74 Å². The van der Waals surface area contributed by atoms with Crippen LogP contribution in [0, 0.1) is 0 Å². The molecule has 3 heterocycles. The van der Waals surface area contributed by atoms with Gasteiger partial charge in [-0.3, -0.25) is 19.5 Å². The Morgan fingerprint density at radius 2 is 1.84 bits per heavy atom. The van der Waals surface area contributed by atoms with Gasteiger partial charge in [-0.2, -0.15) is 0 Å². The summed E-state index contributed by atoms with van der Waals surface area (Å²) in [5.41, 5.74) is 1.00.